The van der Waals surface area contributed by atoms with E-state index in [1.165, 1.54) is 15.6 Å². The molecule has 0 atom stereocenters. The number of hydrogen-bond donors (Lipinski definition) is 1. The normalized spacial score (nSPS) is 17.3. The molecule has 1 fully saturated rings. The lowest BCUT2D eigenvalue weighted by Crippen LogP contribution is -2.28. The van der Waals surface area contributed by atoms with E-state index >= 15 is 0 Å². The molecule has 2 aromatic rings. The van der Waals surface area contributed by atoms with E-state index in [2.05, 4.69) is 0 Å². The Morgan fingerprint density at radius 1 is 1.21 bits per heavy atom. The highest BCUT2D eigenvalue weighted by Crippen LogP contribution is 2.37. The van der Waals surface area contributed by atoms with Gasteiger partial charge >= 0.3 is 0 Å². The number of thiophene rings is 1. The Morgan fingerprint density at radius 3 is 2.58 bits per heavy atom. The summed E-state index contributed by atoms with van der Waals surface area (Å²) in [7, 11) is -3.48. The van der Waals surface area contributed by atoms with Crippen molar-refractivity contribution in [2.24, 2.45) is 0 Å². The second-order valence-corrected chi connectivity index (χ2v) is 7.63. The van der Waals surface area contributed by atoms with Gasteiger partial charge in [-0.05, 0) is 18.9 Å². The first kappa shape index (κ1) is 13.1. The molecule has 0 radical (unpaired) electrons. The van der Waals surface area contributed by atoms with Crippen LogP contribution in [0.4, 0.5) is 0 Å². The fourth-order valence-electron chi connectivity index (χ4n) is 2.52. The summed E-state index contributed by atoms with van der Waals surface area (Å²) in [5, 5.41) is 10.2. The molecular weight excluding hydrogens is 282 g/mol. The van der Waals surface area contributed by atoms with Crippen LogP contribution in [0.5, 0.6) is 0 Å². The van der Waals surface area contributed by atoms with E-state index in [0.717, 1.165) is 22.9 Å². The first-order valence-electron chi connectivity index (χ1n) is 6.26. The van der Waals surface area contributed by atoms with E-state index in [0.29, 0.717) is 22.9 Å². The van der Waals surface area contributed by atoms with E-state index in [-0.39, 0.29) is 6.61 Å². The quantitative estimate of drug-likeness (QED) is 0.944. The summed E-state index contributed by atoms with van der Waals surface area (Å²) in [5.74, 6) is 0. The highest BCUT2D eigenvalue weighted by molar-refractivity contribution is 7.89. The average Bonchev–Trinajstić information content (AvgIpc) is 3.05. The molecule has 0 saturated carbocycles. The maximum absolute atomic E-state index is 12.7. The van der Waals surface area contributed by atoms with Crippen molar-refractivity contribution in [2.45, 2.75) is 24.3 Å². The van der Waals surface area contributed by atoms with Crippen molar-refractivity contribution < 1.29 is 13.5 Å². The van der Waals surface area contributed by atoms with Gasteiger partial charge in [0.2, 0.25) is 10.0 Å². The molecule has 2 heterocycles. The zero-order chi connectivity index (χ0) is 13.5. The molecule has 1 aliphatic rings. The van der Waals surface area contributed by atoms with Crippen molar-refractivity contribution in [1.82, 2.24) is 4.31 Å². The molecule has 0 amide bonds. The number of nitrogens with zero attached hydrogens (tertiary/aromatic N) is 1. The van der Waals surface area contributed by atoms with Crippen LogP contribution < -0.4 is 0 Å². The second kappa shape index (κ2) is 4.86. The van der Waals surface area contributed by atoms with Crippen molar-refractivity contribution in [3.05, 3.63) is 29.1 Å². The van der Waals surface area contributed by atoms with Gasteiger partial charge in [0, 0.05) is 23.2 Å². The first-order valence-corrected chi connectivity index (χ1v) is 8.51. The number of hydrogen-bond acceptors (Lipinski definition) is 4. The summed E-state index contributed by atoms with van der Waals surface area (Å²) >= 11 is 1.35. The number of sulfonamides is 1. The number of fused-ring (bicyclic) bond motifs is 1. The van der Waals surface area contributed by atoms with Crippen LogP contribution in [0.25, 0.3) is 10.1 Å². The Morgan fingerprint density at radius 2 is 1.89 bits per heavy atom. The third-order valence-corrected chi connectivity index (χ3v) is 6.74. The molecule has 19 heavy (non-hydrogen) atoms. The van der Waals surface area contributed by atoms with Crippen LogP contribution in [-0.2, 0) is 16.6 Å². The topological polar surface area (TPSA) is 57.6 Å². The van der Waals surface area contributed by atoms with Crippen LogP contribution >= 0.6 is 11.3 Å². The number of aliphatic hydroxyl groups excluding tert-OH is 1. The lowest BCUT2D eigenvalue weighted by molar-refractivity contribution is 0.282. The minimum absolute atomic E-state index is 0.234. The Kier molecular flexibility index (Phi) is 3.34. The van der Waals surface area contributed by atoms with Crippen molar-refractivity contribution in [3.8, 4) is 0 Å². The lowest BCUT2D eigenvalue weighted by Gasteiger charge is -2.16. The number of aliphatic hydroxyl groups is 1. The van der Waals surface area contributed by atoms with Crippen molar-refractivity contribution in [1.29, 1.82) is 0 Å². The molecule has 1 aromatic carbocycles. The van der Waals surface area contributed by atoms with Crippen LogP contribution in [-0.4, -0.2) is 30.9 Å². The molecule has 0 unspecified atom stereocenters. The molecule has 6 heteroatoms. The summed E-state index contributed by atoms with van der Waals surface area (Å²) in [5.41, 5.74) is 0. The van der Waals surface area contributed by atoms with Gasteiger partial charge < -0.3 is 5.11 Å². The average molecular weight is 297 g/mol. The lowest BCUT2D eigenvalue weighted by atomic mass is 10.2. The molecule has 1 aliphatic heterocycles. The van der Waals surface area contributed by atoms with Crippen LogP contribution in [0.3, 0.4) is 0 Å². The highest BCUT2D eigenvalue weighted by atomic mass is 32.2. The Balaban J connectivity index is 2.23. The van der Waals surface area contributed by atoms with Gasteiger partial charge in [0.1, 0.15) is 4.90 Å². The Hall–Kier alpha value is -0.950. The van der Waals surface area contributed by atoms with E-state index in [1.807, 2.05) is 24.3 Å². The van der Waals surface area contributed by atoms with E-state index in [4.69, 9.17) is 0 Å². The van der Waals surface area contributed by atoms with Gasteiger partial charge in [0.05, 0.1) is 11.5 Å². The smallest absolute Gasteiger partial charge is 0.244 e. The molecule has 0 aliphatic carbocycles. The van der Waals surface area contributed by atoms with E-state index in [1.54, 1.807) is 0 Å². The fourth-order valence-corrected chi connectivity index (χ4v) is 5.79. The van der Waals surface area contributed by atoms with Crippen LogP contribution in [0.2, 0.25) is 0 Å². The molecular formula is C13H15NO3S2. The van der Waals surface area contributed by atoms with E-state index in [9.17, 15) is 13.5 Å². The zero-order valence-corrected chi connectivity index (χ0v) is 12.0. The summed E-state index contributed by atoms with van der Waals surface area (Å²) in [6.07, 6.45) is 1.82. The summed E-state index contributed by atoms with van der Waals surface area (Å²) in [6.45, 7) is 0.927. The summed E-state index contributed by atoms with van der Waals surface area (Å²) < 4.78 is 27.9. The molecule has 1 aromatic heterocycles. The minimum atomic E-state index is -3.48. The van der Waals surface area contributed by atoms with Crippen LogP contribution in [0.15, 0.2) is 29.2 Å². The standard InChI is InChI=1S/C13H15NO3S2/c15-9-12-13(10-5-1-2-6-11(10)18-12)19(16,17)14-7-3-4-8-14/h1-2,5-6,15H,3-4,7-9H2. The minimum Gasteiger partial charge on any atom is -0.391 e. The number of rotatable bonds is 3. The van der Waals surface area contributed by atoms with E-state index < -0.39 is 10.0 Å². The molecule has 1 N–H and O–H groups in total. The van der Waals surface area contributed by atoms with Crippen LogP contribution in [0, 0.1) is 0 Å². The summed E-state index contributed by atoms with van der Waals surface area (Å²) in [6, 6.07) is 7.42. The van der Waals surface area contributed by atoms with Crippen molar-refractivity contribution in [3.63, 3.8) is 0 Å². The fraction of sp³-hybridized carbons (Fsp3) is 0.385. The third kappa shape index (κ3) is 2.08. The van der Waals surface area contributed by atoms with Gasteiger partial charge in [-0.2, -0.15) is 4.31 Å². The molecule has 0 bridgehead atoms. The predicted molar refractivity (Wildman–Crippen MR) is 75.7 cm³/mol. The summed E-state index contributed by atoms with van der Waals surface area (Å²) in [4.78, 5) is 0.839. The van der Waals surface area contributed by atoms with Gasteiger partial charge in [-0.15, -0.1) is 11.3 Å². The van der Waals surface area contributed by atoms with Gasteiger partial charge in [-0.1, -0.05) is 18.2 Å². The van der Waals surface area contributed by atoms with Crippen molar-refractivity contribution in [2.75, 3.05) is 13.1 Å². The first-order chi connectivity index (χ1) is 9.14. The third-order valence-electron chi connectivity index (χ3n) is 3.42. The molecule has 1 saturated heterocycles. The molecule has 102 valence electrons. The maximum Gasteiger partial charge on any atom is 0.244 e. The Bertz CT molecular complexity index is 700. The predicted octanol–water partition coefficient (Wildman–Crippen LogP) is 2.18. The van der Waals surface area contributed by atoms with Crippen molar-refractivity contribution >= 4 is 31.4 Å². The van der Waals surface area contributed by atoms with Crippen LogP contribution in [0.1, 0.15) is 17.7 Å². The maximum atomic E-state index is 12.7. The zero-order valence-electron chi connectivity index (χ0n) is 10.4. The van der Waals surface area contributed by atoms with Gasteiger partial charge in [-0.25, -0.2) is 8.42 Å². The molecule has 0 spiro atoms. The van der Waals surface area contributed by atoms with Gasteiger partial charge in [-0.3, -0.25) is 0 Å². The number of benzene rings is 1. The van der Waals surface area contributed by atoms with Gasteiger partial charge in [0.25, 0.3) is 0 Å². The highest BCUT2D eigenvalue weighted by Gasteiger charge is 2.32. The largest absolute Gasteiger partial charge is 0.391 e. The Labute approximate surface area is 116 Å². The molecule has 3 rings (SSSR count). The molecule has 4 nitrogen and oxygen atoms in total. The monoisotopic (exact) mass is 297 g/mol. The SMILES string of the molecule is O=S(=O)(c1c(CO)sc2ccccc12)N1CCCC1. The van der Waals surface area contributed by atoms with Gasteiger partial charge in [0.15, 0.2) is 0 Å². The second-order valence-electron chi connectivity index (χ2n) is 4.62.